The lowest BCUT2D eigenvalue weighted by atomic mass is 10.4. The van der Waals surface area contributed by atoms with Crippen molar-refractivity contribution >= 4 is 28.4 Å². The van der Waals surface area contributed by atoms with Crippen LogP contribution < -0.4 is 10.6 Å². The van der Waals surface area contributed by atoms with E-state index >= 15 is 0 Å². The zero-order chi connectivity index (χ0) is 9.68. The number of hydrogen-bond acceptors (Lipinski definition) is 4. The molecule has 0 saturated carbocycles. The van der Waals surface area contributed by atoms with E-state index < -0.39 is 0 Å². The largest absolute Gasteiger partial charge is 0.358 e. The molecule has 0 aliphatic carbocycles. The number of anilines is 1. The SMILES string of the molecule is CN(CCCN)c1ccc(I)nn1. The van der Waals surface area contributed by atoms with Gasteiger partial charge < -0.3 is 10.6 Å². The number of aromatic nitrogens is 2. The van der Waals surface area contributed by atoms with Crippen LogP contribution in [-0.4, -0.2) is 30.3 Å². The summed E-state index contributed by atoms with van der Waals surface area (Å²) in [6.07, 6.45) is 0.976. The first kappa shape index (κ1) is 10.6. The summed E-state index contributed by atoms with van der Waals surface area (Å²) in [7, 11) is 1.99. The summed E-state index contributed by atoms with van der Waals surface area (Å²) in [6, 6.07) is 3.91. The number of rotatable bonds is 4. The molecule has 1 rings (SSSR count). The molecule has 1 aromatic heterocycles. The summed E-state index contributed by atoms with van der Waals surface area (Å²) in [5.41, 5.74) is 5.42. The zero-order valence-electron chi connectivity index (χ0n) is 7.57. The Morgan fingerprint density at radius 2 is 2.23 bits per heavy atom. The summed E-state index contributed by atoms with van der Waals surface area (Å²) in [6.45, 7) is 1.63. The van der Waals surface area contributed by atoms with E-state index in [1.54, 1.807) is 0 Å². The standard InChI is InChI=1S/C8H13IN4/c1-13(6-2-5-10)8-4-3-7(9)11-12-8/h3-4H,2,5-6,10H2,1H3. The van der Waals surface area contributed by atoms with Crippen LogP contribution in [0, 0.1) is 3.70 Å². The maximum absolute atomic E-state index is 5.42. The third-order valence-corrected chi connectivity index (χ3v) is 2.28. The number of nitrogens with two attached hydrogens (primary N) is 1. The molecule has 0 atom stereocenters. The van der Waals surface area contributed by atoms with Gasteiger partial charge in [-0.05, 0) is 47.7 Å². The van der Waals surface area contributed by atoms with E-state index in [1.807, 2.05) is 19.2 Å². The van der Waals surface area contributed by atoms with E-state index in [4.69, 9.17) is 5.73 Å². The number of halogens is 1. The van der Waals surface area contributed by atoms with E-state index in [0.29, 0.717) is 6.54 Å². The molecule has 72 valence electrons. The molecule has 0 bridgehead atoms. The highest BCUT2D eigenvalue weighted by molar-refractivity contribution is 14.1. The molecular formula is C8H13IN4. The molecule has 0 unspecified atom stereocenters. The minimum atomic E-state index is 0.710. The lowest BCUT2D eigenvalue weighted by Gasteiger charge is -2.16. The van der Waals surface area contributed by atoms with Crippen molar-refractivity contribution in [3.05, 3.63) is 15.8 Å². The molecular weight excluding hydrogens is 279 g/mol. The first-order chi connectivity index (χ1) is 6.24. The van der Waals surface area contributed by atoms with Crippen molar-refractivity contribution in [3.8, 4) is 0 Å². The van der Waals surface area contributed by atoms with Crippen molar-refractivity contribution in [1.29, 1.82) is 0 Å². The van der Waals surface area contributed by atoms with Crippen LogP contribution in [0.5, 0.6) is 0 Å². The number of nitrogens with zero attached hydrogens (tertiary/aromatic N) is 3. The second kappa shape index (κ2) is 5.33. The van der Waals surface area contributed by atoms with Gasteiger partial charge in [-0.1, -0.05) is 0 Å². The Morgan fingerprint density at radius 1 is 1.46 bits per heavy atom. The Morgan fingerprint density at radius 3 is 2.77 bits per heavy atom. The average molecular weight is 292 g/mol. The van der Waals surface area contributed by atoms with Crippen LogP contribution in [0.1, 0.15) is 6.42 Å². The molecule has 0 spiro atoms. The molecule has 1 heterocycles. The van der Waals surface area contributed by atoms with Gasteiger partial charge in [0, 0.05) is 13.6 Å². The molecule has 0 radical (unpaired) electrons. The van der Waals surface area contributed by atoms with Crippen LogP contribution in [0.25, 0.3) is 0 Å². The Balaban J connectivity index is 2.55. The van der Waals surface area contributed by atoms with Crippen LogP contribution in [0.2, 0.25) is 0 Å². The minimum Gasteiger partial charge on any atom is -0.358 e. The molecule has 0 fully saturated rings. The monoisotopic (exact) mass is 292 g/mol. The van der Waals surface area contributed by atoms with E-state index in [1.165, 1.54) is 0 Å². The van der Waals surface area contributed by atoms with Gasteiger partial charge in [0.1, 0.15) is 3.70 Å². The van der Waals surface area contributed by atoms with Crippen molar-refractivity contribution < 1.29 is 0 Å². The van der Waals surface area contributed by atoms with Gasteiger partial charge in [0.05, 0.1) is 0 Å². The lowest BCUT2D eigenvalue weighted by molar-refractivity contribution is 0.776. The predicted octanol–water partition coefficient (Wildman–Crippen LogP) is 0.866. The molecule has 13 heavy (non-hydrogen) atoms. The Kier molecular flexibility index (Phi) is 4.37. The maximum atomic E-state index is 5.42. The first-order valence-electron chi connectivity index (χ1n) is 4.14. The molecule has 4 nitrogen and oxygen atoms in total. The number of hydrogen-bond donors (Lipinski definition) is 1. The normalized spacial score (nSPS) is 10.1. The van der Waals surface area contributed by atoms with Crippen LogP contribution in [0.4, 0.5) is 5.82 Å². The van der Waals surface area contributed by atoms with Crippen LogP contribution in [0.15, 0.2) is 12.1 Å². The topological polar surface area (TPSA) is 55.0 Å². The van der Waals surface area contributed by atoms with E-state index in [9.17, 15) is 0 Å². The quantitative estimate of drug-likeness (QED) is 0.837. The molecule has 5 heteroatoms. The Bertz CT molecular complexity index is 249. The van der Waals surface area contributed by atoms with Gasteiger partial charge >= 0.3 is 0 Å². The smallest absolute Gasteiger partial charge is 0.151 e. The van der Waals surface area contributed by atoms with Crippen molar-refractivity contribution in [2.75, 3.05) is 25.0 Å². The van der Waals surface area contributed by atoms with Gasteiger partial charge in [-0.25, -0.2) is 0 Å². The molecule has 0 aromatic carbocycles. The second-order valence-electron chi connectivity index (χ2n) is 2.78. The fourth-order valence-electron chi connectivity index (χ4n) is 0.956. The highest BCUT2D eigenvalue weighted by atomic mass is 127. The van der Waals surface area contributed by atoms with Crippen molar-refractivity contribution in [1.82, 2.24) is 10.2 Å². The summed E-state index contributed by atoms with van der Waals surface area (Å²) >= 11 is 2.14. The third-order valence-electron chi connectivity index (χ3n) is 1.71. The van der Waals surface area contributed by atoms with Gasteiger partial charge in [-0.2, -0.15) is 0 Å². The highest BCUT2D eigenvalue weighted by Crippen LogP contribution is 2.08. The summed E-state index contributed by atoms with van der Waals surface area (Å²) in [4.78, 5) is 2.05. The summed E-state index contributed by atoms with van der Waals surface area (Å²) < 4.78 is 0.911. The second-order valence-corrected chi connectivity index (χ2v) is 3.88. The summed E-state index contributed by atoms with van der Waals surface area (Å²) in [5.74, 6) is 0.897. The van der Waals surface area contributed by atoms with E-state index in [2.05, 4.69) is 37.7 Å². The lowest BCUT2D eigenvalue weighted by Crippen LogP contribution is -2.22. The molecule has 1 aromatic rings. The molecule has 0 amide bonds. The molecule has 0 aliphatic rings. The fourth-order valence-corrected chi connectivity index (χ4v) is 1.24. The highest BCUT2D eigenvalue weighted by Gasteiger charge is 2.01. The van der Waals surface area contributed by atoms with Gasteiger partial charge in [0.25, 0.3) is 0 Å². The zero-order valence-corrected chi connectivity index (χ0v) is 9.73. The van der Waals surface area contributed by atoms with Gasteiger partial charge in [0.15, 0.2) is 5.82 Å². The minimum absolute atomic E-state index is 0.710. The van der Waals surface area contributed by atoms with Gasteiger partial charge in [-0.3, -0.25) is 0 Å². The summed E-state index contributed by atoms with van der Waals surface area (Å²) in [5, 5.41) is 8.03. The Hall–Kier alpha value is -0.430. The van der Waals surface area contributed by atoms with Crippen LogP contribution in [0.3, 0.4) is 0 Å². The fraction of sp³-hybridized carbons (Fsp3) is 0.500. The van der Waals surface area contributed by atoms with E-state index in [0.717, 1.165) is 22.5 Å². The Labute approximate surface area is 91.7 Å². The van der Waals surface area contributed by atoms with Crippen LogP contribution >= 0.6 is 22.6 Å². The van der Waals surface area contributed by atoms with Crippen molar-refractivity contribution in [2.24, 2.45) is 5.73 Å². The van der Waals surface area contributed by atoms with Gasteiger partial charge in [-0.15, -0.1) is 10.2 Å². The maximum Gasteiger partial charge on any atom is 0.151 e. The predicted molar refractivity (Wildman–Crippen MR) is 61.7 cm³/mol. The van der Waals surface area contributed by atoms with Gasteiger partial charge in [0.2, 0.25) is 0 Å². The molecule has 0 aliphatic heterocycles. The van der Waals surface area contributed by atoms with Crippen molar-refractivity contribution in [2.45, 2.75) is 6.42 Å². The molecule has 0 saturated heterocycles. The van der Waals surface area contributed by atoms with Crippen LogP contribution in [-0.2, 0) is 0 Å². The molecule has 2 N–H and O–H groups in total. The third kappa shape index (κ3) is 3.43. The average Bonchev–Trinajstić information content (AvgIpc) is 2.15. The van der Waals surface area contributed by atoms with E-state index in [-0.39, 0.29) is 0 Å². The van der Waals surface area contributed by atoms with Crippen molar-refractivity contribution in [3.63, 3.8) is 0 Å². The first-order valence-corrected chi connectivity index (χ1v) is 5.22.